The van der Waals surface area contributed by atoms with E-state index in [9.17, 15) is 4.79 Å². The highest BCUT2D eigenvalue weighted by Crippen LogP contribution is 2.29. The molecule has 156 valence electrons. The van der Waals surface area contributed by atoms with Crippen molar-refractivity contribution in [3.8, 4) is 5.75 Å². The van der Waals surface area contributed by atoms with Crippen LogP contribution in [0.2, 0.25) is 0 Å². The van der Waals surface area contributed by atoms with Crippen LogP contribution >= 0.6 is 0 Å². The van der Waals surface area contributed by atoms with Crippen molar-refractivity contribution in [3.63, 3.8) is 0 Å². The summed E-state index contributed by atoms with van der Waals surface area (Å²) < 4.78 is 7.70. The summed E-state index contributed by atoms with van der Waals surface area (Å²) in [7, 11) is 1.66. The average Bonchev–Trinajstić information content (AvgIpc) is 3.05. The first kappa shape index (κ1) is 20.2. The monoisotopic (exact) mass is 413 g/mol. The zero-order valence-corrected chi connectivity index (χ0v) is 17.4. The molecule has 3 aromatic carbocycles. The first-order valence-electron chi connectivity index (χ1n) is 9.90. The number of ether oxygens (including phenoxy) is 1. The highest BCUT2D eigenvalue weighted by molar-refractivity contribution is 6.02. The average molecular weight is 413 g/mol. The molecule has 6 nitrogen and oxygen atoms in total. The van der Waals surface area contributed by atoms with Crippen molar-refractivity contribution in [3.05, 3.63) is 95.2 Å². The van der Waals surface area contributed by atoms with Crippen LogP contribution in [-0.2, 0) is 6.54 Å². The van der Waals surface area contributed by atoms with Gasteiger partial charge in [-0.2, -0.15) is 5.10 Å². The van der Waals surface area contributed by atoms with Gasteiger partial charge in [-0.3, -0.25) is 5.43 Å². The van der Waals surface area contributed by atoms with Crippen LogP contribution in [0.1, 0.15) is 27.2 Å². The minimum Gasteiger partial charge on any atom is -0.497 e. The second kappa shape index (κ2) is 8.75. The van der Waals surface area contributed by atoms with Crippen LogP contribution in [0.4, 0.5) is 5.69 Å². The molecule has 0 saturated heterocycles. The first-order chi connectivity index (χ1) is 15.1. The van der Waals surface area contributed by atoms with Gasteiger partial charge in [0.25, 0.3) is 0 Å². The summed E-state index contributed by atoms with van der Waals surface area (Å²) in [6.07, 6.45) is 1.80. The zero-order chi connectivity index (χ0) is 21.8. The van der Waals surface area contributed by atoms with Gasteiger partial charge in [0, 0.05) is 28.7 Å². The lowest BCUT2D eigenvalue weighted by atomic mass is 10.1. The summed E-state index contributed by atoms with van der Waals surface area (Å²) in [6, 6.07) is 22.9. The van der Waals surface area contributed by atoms with Gasteiger partial charge in [-0.05, 0) is 55.0 Å². The number of nitrogens with one attached hydrogen (secondary N) is 1. The summed E-state index contributed by atoms with van der Waals surface area (Å²) in [5, 5.41) is 14.5. The Morgan fingerprint density at radius 1 is 1.10 bits per heavy atom. The fourth-order valence-electron chi connectivity index (χ4n) is 3.61. The zero-order valence-electron chi connectivity index (χ0n) is 17.4. The molecule has 0 bridgehead atoms. The van der Waals surface area contributed by atoms with Crippen molar-refractivity contribution in [2.75, 3.05) is 12.5 Å². The van der Waals surface area contributed by atoms with E-state index in [2.05, 4.69) is 40.2 Å². The highest BCUT2D eigenvalue weighted by Gasteiger charge is 2.14. The Kier molecular flexibility index (Phi) is 5.71. The SMILES string of the molecule is COc1ccc2c(c1)c(/C=N/Nc1ccc(C(=O)O)cc1)c(C)n2Cc1ccccc1. The number of methoxy groups -OCH3 is 1. The van der Waals surface area contributed by atoms with Crippen molar-refractivity contribution in [2.24, 2.45) is 5.10 Å². The van der Waals surface area contributed by atoms with Gasteiger partial charge in [0.05, 0.1) is 24.6 Å². The Bertz CT molecular complexity index is 1240. The van der Waals surface area contributed by atoms with Crippen molar-refractivity contribution in [1.82, 2.24) is 4.57 Å². The van der Waals surface area contributed by atoms with E-state index in [-0.39, 0.29) is 5.56 Å². The Morgan fingerprint density at radius 3 is 2.52 bits per heavy atom. The van der Waals surface area contributed by atoms with Crippen LogP contribution in [0, 0.1) is 6.92 Å². The second-order valence-electron chi connectivity index (χ2n) is 7.21. The number of hydrogen-bond donors (Lipinski definition) is 2. The lowest BCUT2D eigenvalue weighted by molar-refractivity contribution is 0.0697. The maximum Gasteiger partial charge on any atom is 0.335 e. The topological polar surface area (TPSA) is 75.8 Å². The van der Waals surface area contributed by atoms with Crippen LogP contribution in [0.5, 0.6) is 5.75 Å². The summed E-state index contributed by atoms with van der Waals surface area (Å²) in [5.41, 5.74) is 8.35. The van der Waals surface area contributed by atoms with E-state index in [0.717, 1.165) is 34.5 Å². The molecule has 0 unspecified atom stereocenters. The first-order valence-corrected chi connectivity index (χ1v) is 9.90. The molecule has 1 heterocycles. The lowest BCUT2D eigenvalue weighted by Crippen LogP contribution is -2.02. The molecule has 2 N–H and O–H groups in total. The summed E-state index contributed by atoms with van der Waals surface area (Å²) in [4.78, 5) is 11.0. The van der Waals surface area contributed by atoms with E-state index < -0.39 is 5.97 Å². The number of nitrogens with zero attached hydrogens (tertiary/aromatic N) is 2. The summed E-state index contributed by atoms with van der Waals surface area (Å²) >= 11 is 0. The maximum atomic E-state index is 11.0. The molecular weight excluding hydrogens is 390 g/mol. The standard InChI is InChI=1S/C25H23N3O3/c1-17-23(15-26-27-20-10-8-19(9-11-20)25(29)30)22-14-21(31-2)12-13-24(22)28(17)16-18-6-4-3-5-7-18/h3-15,27H,16H2,1-2H3,(H,29,30)/b26-15+. The molecule has 0 saturated carbocycles. The van der Waals surface area contributed by atoms with E-state index in [1.165, 1.54) is 5.56 Å². The predicted octanol–water partition coefficient (Wildman–Crippen LogP) is 5.15. The largest absolute Gasteiger partial charge is 0.497 e. The number of fused-ring (bicyclic) bond motifs is 1. The molecule has 0 atom stereocenters. The Morgan fingerprint density at radius 2 is 1.84 bits per heavy atom. The van der Waals surface area contributed by atoms with Crippen molar-refractivity contribution >= 4 is 28.8 Å². The lowest BCUT2D eigenvalue weighted by Gasteiger charge is -2.09. The number of carboxylic acid groups (broad SMARTS) is 1. The van der Waals surface area contributed by atoms with Gasteiger partial charge in [0.15, 0.2) is 0 Å². The smallest absolute Gasteiger partial charge is 0.335 e. The number of anilines is 1. The number of hydrogen-bond acceptors (Lipinski definition) is 4. The third kappa shape index (κ3) is 4.28. The number of aromatic nitrogens is 1. The molecule has 0 amide bonds. The number of aromatic carboxylic acids is 1. The molecule has 0 aliphatic carbocycles. The van der Waals surface area contributed by atoms with E-state index in [1.54, 1.807) is 37.6 Å². The molecule has 0 spiro atoms. The highest BCUT2D eigenvalue weighted by atomic mass is 16.5. The van der Waals surface area contributed by atoms with Crippen LogP contribution < -0.4 is 10.2 Å². The predicted molar refractivity (Wildman–Crippen MR) is 123 cm³/mol. The summed E-state index contributed by atoms with van der Waals surface area (Å²) in [5.74, 6) is -0.165. The van der Waals surface area contributed by atoms with Gasteiger partial charge in [-0.15, -0.1) is 0 Å². The number of hydrazone groups is 1. The third-order valence-electron chi connectivity index (χ3n) is 5.28. The Hall–Kier alpha value is -4.06. The normalized spacial score (nSPS) is 11.2. The van der Waals surface area contributed by atoms with Crippen LogP contribution in [0.25, 0.3) is 10.9 Å². The van der Waals surface area contributed by atoms with Gasteiger partial charge >= 0.3 is 5.97 Å². The maximum absolute atomic E-state index is 11.0. The van der Waals surface area contributed by atoms with Gasteiger partial charge < -0.3 is 14.4 Å². The molecule has 4 aromatic rings. The van der Waals surface area contributed by atoms with E-state index in [1.807, 2.05) is 30.3 Å². The molecule has 4 rings (SSSR count). The van der Waals surface area contributed by atoms with Crippen LogP contribution in [-0.4, -0.2) is 29.0 Å². The molecule has 0 fully saturated rings. The number of carbonyl (C=O) groups is 1. The van der Waals surface area contributed by atoms with Gasteiger partial charge in [0.2, 0.25) is 0 Å². The van der Waals surface area contributed by atoms with Crippen LogP contribution in [0.3, 0.4) is 0 Å². The minimum atomic E-state index is -0.953. The quantitative estimate of drug-likeness (QED) is 0.324. The third-order valence-corrected chi connectivity index (χ3v) is 5.28. The fraction of sp³-hybridized carbons (Fsp3) is 0.120. The van der Waals surface area contributed by atoms with Crippen molar-refractivity contribution < 1.29 is 14.6 Å². The van der Waals surface area contributed by atoms with Crippen LogP contribution in [0.15, 0.2) is 77.9 Å². The molecule has 0 aliphatic rings. The molecule has 0 aliphatic heterocycles. The van der Waals surface area contributed by atoms with E-state index in [0.29, 0.717) is 5.69 Å². The van der Waals surface area contributed by atoms with Crippen molar-refractivity contribution in [1.29, 1.82) is 0 Å². The van der Waals surface area contributed by atoms with Gasteiger partial charge in [-0.25, -0.2) is 4.79 Å². The van der Waals surface area contributed by atoms with E-state index in [4.69, 9.17) is 9.84 Å². The fourth-order valence-corrected chi connectivity index (χ4v) is 3.61. The molecule has 1 aromatic heterocycles. The van der Waals surface area contributed by atoms with Gasteiger partial charge in [-0.1, -0.05) is 30.3 Å². The number of carboxylic acids is 1. The molecular formula is C25H23N3O3. The van der Waals surface area contributed by atoms with Gasteiger partial charge in [0.1, 0.15) is 5.75 Å². The Balaban J connectivity index is 1.68. The minimum absolute atomic E-state index is 0.237. The Labute approximate surface area is 180 Å². The molecule has 6 heteroatoms. The van der Waals surface area contributed by atoms with Crippen molar-refractivity contribution in [2.45, 2.75) is 13.5 Å². The summed E-state index contributed by atoms with van der Waals surface area (Å²) in [6.45, 7) is 2.84. The molecule has 0 radical (unpaired) electrons. The van der Waals surface area contributed by atoms with E-state index >= 15 is 0 Å². The number of benzene rings is 3. The second-order valence-corrected chi connectivity index (χ2v) is 7.21. The molecule has 31 heavy (non-hydrogen) atoms. The number of rotatable bonds is 7.